The first kappa shape index (κ1) is 15.3. The van der Waals surface area contributed by atoms with Crippen molar-refractivity contribution in [3.05, 3.63) is 22.7 Å². The Morgan fingerprint density at radius 2 is 2.00 bits per heavy atom. The molecule has 8 heteroatoms. The van der Waals surface area contributed by atoms with E-state index in [9.17, 15) is 13.2 Å². The van der Waals surface area contributed by atoms with Crippen molar-refractivity contribution in [2.45, 2.75) is 11.3 Å². The summed E-state index contributed by atoms with van der Waals surface area (Å²) in [6, 6.07) is 4.52. The summed E-state index contributed by atoms with van der Waals surface area (Å²) in [4.78, 5) is 13.5. The zero-order chi connectivity index (χ0) is 14.9. The molecule has 0 aromatic heterocycles. The van der Waals surface area contributed by atoms with Gasteiger partial charge in [-0.1, -0.05) is 0 Å². The Kier molecular flexibility index (Phi) is 4.36. The number of amides is 1. The average molecular weight is 362 g/mol. The first-order chi connectivity index (χ1) is 9.32. The zero-order valence-electron chi connectivity index (χ0n) is 11.0. The smallest absolute Gasteiger partial charge is 0.244 e. The predicted octanol–water partition coefficient (Wildman–Crippen LogP) is 0.884. The fourth-order valence-electron chi connectivity index (χ4n) is 2.03. The molecule has 1 amide bonds. The molecule has 1 saturated heterocycles. The Morgan fingerprint density at radius 3 is 2.65 bits per heavy atom. The molecule has 0 radical (unpaired) electrons. The molecule has 1 aromatic carbocycles. The molecule has 0 atom stereocenters. The Morgan fingerprint density at radius 1 is 1.30 bits per heavy atom. The largest absolute Gasteiger partial charge is 0.399 e. The van der Waals surface area contributed by atoms with Crippen LogP contribution < -0.4 is 5.73 Å². The van der Waals surface area contributed by atoms with Crippen LogP contribution in [0.1, 0.15) is 6.42 Å². The molecule has 1 aliphatic rings. The maximum atomic E-state index is 12.6. The van der Waals surface area contributed by atoms with Crippen molar-refractivity contribution in [3.63, 3.8) is 0 Å². The second-order valence-electron chi connectivity index (χ2n) is 4.70. The van der Waals surface area contributed by atoms with E-state index in [-0.39, 0.29) is 17.3 Å². The van der Waals surface area contributed by atoms with Gasteiger partial charge in [0.25, 0.3) is 0 Å². The third kappa shape index (κ3) is 2.97. The summed E-state index contributed by atoms with van der Waals surface area (Å²) in [5, 5.41) is 0. The van der Waals surface area contributed by atoms with Crippen molar-refractivity contribution >= 4 is 37.5 Å². The van der Waals surface area contributed by atoms with Gasteiger partial charge in [-0.05, 0) is 40.5 Å². The van der Waals surface area contributed by atoms with E-state index >= 15 is 0 Å². The van der Waals surface area contributed by atoms with E-state index in [2.05, 4.69) is 15.9 Å². The summed E-state index contributed by atoms with van der Waals surface area (Å²) in [6.45, 7) is 0.763. The molecule has 0 spiro atoms. The number of carbonyl (C=O) groups is 1. The van der Waals surface area contributed by atoms with E-state index in [4.69, 9.17) is 5.73 Å². The number of rotatable bonds is 2. The standard InChI is InChI=1S/C12H16BrN3O3S/c1-15-5-2-6-16(8-12(15)17)20(18,19)11-4-3-9(14)7-10(11)13/h3-4,7H,2,5-6,8,14H2,1H3. The number of hydrogen-bond acceptors (Lipinski definition) is 4. The number of likely N-dealkylation sites (N-methyl/N-ethyl adjacent to an activating group) is 1. The molecular weight excluding hydrogens is 346 g/mol. The van der Waals surface area contributed by atoms with Crippen molar-refractivity contribution in [2.75, 3.05) is 32.4 Å². The first-order valence-corrected chi connectivity index (χ1v) is 8.35. The molecule has 0 aliphatic carbocycles. The zero-order valence-corrected chi connectivity index (χ0v) is 13.4. The molecule has 0 unspecified atom stereocenters. The van der Waals surface area contributed by atoms with Gasteiger partial charge in [0.1, 0.15) is 0 Å². The van der Waals surface area contributed by atoms with Crippen LogP contribution in [0.15, 0.2) is 27.6 Å². The van der Waals surface area contributed by atoms with Crippen molar-refractivity contribution < 1.29 is 13.2 Å². The highest BCUT2D eigenvalue weighted by Crippen LogP contribution is 2.27. The van der Waals surface area contributed by atoms with E-state index < -0.39 is 10.0 Å². The van der Waals surface area contributed by atoms with Crippen LogP contribution in [0.3, 0.4) is 0 Å². The van der Waals surface area contributed by atoms with Crippen LogP contribution in [0, 0.1) is 0 Å². The molecule has 0 bridgehead atoms. The summed E-state index contributed by atoms with van der Waals surface area (Å²) in [5.74, 6) is -0.197. The number of nitrogen functional groups attached to an aromatic ring is 1. The van der Waals surface area contributed by atoms with E-state index in [0.29, 0.717) is 29.7 Å². The molecule has 20 heavy (non-hydrogen) atoms. The lowest BCUT2D eigenvalue weighted by atomic mass is 10.3. The van der Waals surface area contributed by atoms with Gasteiger partial charge in [-0.25, -0.2) is 8.42 Å². The summed E-state index contributed by atoms with van der Waals surface area (Å²) >= 11 is 3.21. The number of hydrogen-bond donors (Lipinski definition) is 1. The van der Waals surface area contributed by atoms with Gasteiger partial charge in [-0.2, -0.15) is 4.31 Å². The Balaban J connectivity index is 2.36. The number of carbonyl (C=O) groups excluding carboxylic acids is 1. The van der Waals surface area contributed by atoms with E-state index in [1.807, 2.05) is 0 Å². The SMILES string of the molecule is CN1CCCN(S(=O)(=O)c2ccc(N)cc2Br)CC1=O. The van der Waals surface area contributed by atoms with Crippen molar-refractivity contribution in [3.8, 4) is 0 Å². The van der Waals surface area contributed by atoms with Gasteiger partial charge in [0.05, 0.1) is 11.4 Å². The van der Waals surface area contributed by atoms with Crippen LogP contribution in [-0.2, 0) is 14.8 Å². The van der Waals surface area contributed by atoms with Gasteiger partial charge in [0.2, 0.25) is 15.9 Å². The van der Waals surface area contributed by atoms with Crippen molar-refractivity contribution in [1.29, 1.82) is 0 Å². The van der Waals surface area contributed by atoms with Gasteiger partial charge in [0.15, 0.2) is 0 Å². The van der Waals surface area contributed by atoms with Crippen LogP contribution in [0.5, 0.6) is 0 Å². The molecule has 1 aliphatic heterocycles. The number of nitrogens with two attached hydrogens (primary N) is 1. The first-order valence-electron chi connectivity index (χ1n) is 6.11. The molecule has 1 aromatic rings. The van der Waals surface area contributed by atoms with E-state index in [0.717, 1.165) is 0 Å². The lowest BCUT2D eigenvalue weighted by molar-refractivity contribution is -0.129. The lowest BCUT2D eigenvalue weighted by Crippen LogP contribution is -2.38. The van der Waals surface area contributed by atoms with Gasteiger partial charge in [0, 0.05) is 30.3 Å². The van der Waals surface area contributed by atoms with Crippen LogP contribution in [0.4, 0.5) is 5.69 Å². The number of nitrogens with zero attached hydrogens (tertiary/aromatic N) is 2. The van der Waals surface area contributed by atoms with Crippen molar-refractivity contribution in [1.82, 2.24) is 9.21 Å². The molecule has 0 saturated carbocycles. The molecular formula is C12H16BrN3O3S. The summed E-state index contributed by atoms with van der Waals surface area (Å²) < 4.78 is 26.8. The summed E-state index contributed by atoms with van der Waals surface area (Å²) in [5.41, 5.74) is 6.09. The molecule has 2 N–H and O–H groups in total. The summed E-state index contributed by atoms with van der Waals surface area (Å²) in [6.07, 6.45) is 0.619. The van der Waals surface area contributed by atoms with Crippen LogP contribution in [0.25, 0.3) is 0 Å². The molecule has 110 valence electrons. The second-order valence-corrected chi connectivity index (χ2v) is 7.46. The minimum Gasteiger partial charge on any atom is -0.399 e. The van der Waals surface area contributed by atoms with E-state index in [1.165, 1.54) is 16.4 Å². The molecule has 1 fully saturated rings. The maximum absolute atomic E-state index is 12.6. The highest BCUT2D eigenvalue weighted by molar-refractivity contribution is 9.10. The fourth-order valence-corrected chi connectivity index (χ4v) is 4.51. The molecule has 6 nitrogen and oxygen atoms in total. The third-order valence-corrected chi connectivity index (χ3v) is 6.03. The maximum Gasteiger partial charge on any atom is 0.244 e. The van der Waals surface area contributed by atoms with Gasteiger partial charge >= 0.3 is 0 Å². The highest BCUT2D eigenvalue weighted by Gasteiger charge is 2.31. The number of anilines is 1. The van der Waals surface area contributed by atoms with Crippen LogP contribution in [-0.4, -0.2) is 50.2 Å². The molecule has 2 rings (SSSR count). The van der Waals surface area contributed by atoms with Crippen molar-refractivity contribution in [2.24, 2.45) is 0 Å². The summed E-state index contributed by atoms with van der Waals surface area (Å²) in [7, 11) is -2.03. The van der Waals surface area contributed by atoms with Crippen LogP contribution >= 0.6 is 15.9 Å². The average Bonchev–Trinajstić information content (AvgIpc) is 2.52. The predicted molar refractivity (Wildman–Crippen MR) is 79.6 cm³/mol. The number of sulfonamides is 1. The normalized spacial score (nSPS) is 18.1. The van der Waals surface area contributed by atoms with Crippen LogP contribution in [0.2, 0.25) is 0 Å². The minimum atomic E-state index is -3.71. The number of benzene rings is 1. The Bertz CT molecular complexity index is 633. The highest BCUT2D eigenvalue weighted by atomic mass is 79.9. The van der Waals surface area contributed by atoms with Gasteiger partial charge in [-0.3, -0.25) is 4.79 Å². The molecule has 1 heterocycles. The second kappa shape index (κ2) is 5.71. The monoisotopic (exact) mass is 361 g/mol. The topological polar surface area (TPSA) is 83.7 Å². The number of halogens is 1. The quantitative estimate of drug-likeness (QED) is 0.792. The Labute approximate surface area is 126 Å². The Hall–Kier alpha value is -1.12. The minimum absolute atomic E-state index is 0.129. The van der Waals surface area contributed by atoms with E-state index in [1.54, 1.807) is 18.0 Å². The van der Waals surface area contributed by atoms with Gasteiger partial charge < -0.3 is 10.6 Å². The third-order valence-electron chi connectivity index (χ3n) is 3.21. The van der Waals surface area contributed by atoms with Gasteiger partial charge in [-0.15, -0.1) is 0 Å². The fraction of sp³-hybridized carbons (Fsp3) is 0.417. The lowest BCUT2D eigenvalue weighted by Gasteiger charge is -2.20.